The molecule has 1 N–H and O–H groups in total. The first-order valence-corrected chi connectivity index (χ1v) is 9.04. The highest BCUT2D eigenvalue weighted by Crippen LogP contribution is 2.24. The van der Waals surface area contributed by atoms with Crippen LogP contribution in [-0.2, 0) is 20.0 Å². The summed E-state index contributed by atoms with van der Waals surface area (Å²) in [7, 11) is -6.72. The first-order valence-electron chi connectivity index (χ1n) is 4.56. The molecule has 5 nitrogen and oxygen atoms in total. The van der Waals surface area contributed by atoms with Gasteiger partial charge in [-0.15, -0.1) is 0 Å². The second kappa shape index (κ2) is 5.03. The smallest absolute Gasteiger partial charge is 0.264 e. The van der Waals surface area contributed by atoms with Crippen LogP contribution in [0, 0.1) is 0 Å². The zero-order valence-corrected chi connectivity index (χ0v) is 10.6. The minimum atomic E-state index is -3.87. The van der Waals surface area contributed by atoms with Crippen LogP contribution in [-0.4, -0.2) is 49.6 Å². The lowest BCUT2D eigenvalue weighted by Crippen LogP contribution is -2.09. The number of hydrogen-bond donors (Lipinski definition) is 1. The van der Waals surface area contributed by atoms with Crippen molar-refractivity contribution in [2.45, 2.75) is 18.1 Å². The fourth-order valence-corrected chi connectivity index (χ4v) is 5.70. The SMILES string of the molecule is O=S(=O)(O)CCCSC1CCS(=O)(=O)C1. The van der Waals surface area contributed by atoms with Gasteiger partial charge in [-0.1, -0.05) is 0 Å². The van der Waals surface area contributed by atoms with Crippen molar-refractivity contribution in [1.29, 1.82) is 0 Å². The van der Waals surface area contributed by atoms with Crippen LogP contribution in [0.4, 0.5) is 0 Å². The van der Waals surface area contributed by atoms with Crippen LogP contribution < -0.4 is 0 Å². The Bertz CT molecular complexity index is 396. The lowest BCUT2D eigenvalue weighted by atomic mass is 10.4. The van der Waals surface area contributed by atoms with E-state index in [1.165, 1.54) is 11.8 Å². The van der Waals surface area contributed by atoms with Crippen molar-refractivity contribution < 1.29 is 21.4 Å². The monoisotopic (exact) mass is 274 g/mol. The average molecular weight is 274 g/mol. The highest BCUT2D eigenvalue weighted by atomic mass is 32.2. The third kappa shape index (κ3) is 5.74. The van der Waals surface area contributed by atoms with Gasteiger partial charge in [0, 0.05) is 5.25 Å². The summed E-state index contributed by atoms with van der Waals surface area (Å²) < 4.78 is 51.4. The number of thioether (sulfide) groups is 1. The molecule has 8 heteroatoms. The lowest BCUT2D eigenvalue weighted by Gasteiger charge is -2.05. The molecule has 0 bridgehead atoms. The van der Waals surface area contributed by atoms with Crippen LogP contribution in [0.1, 0.15) is 12.8 Å². The van der Waals surface area contributed by atoms with Crippen molar-refractivity contribution in [2.75, 3.05) is 23.0 Å². The van der Waals surface area contributed by atoms with Gasteiger partial charge in [0.05, 0.1) is 17.3 Å². The molecule has 1 saturated heterocycles. The second-order valence-electron chi connectivity index (χ2n) is 3.54. The molecule has 0 amide bonds. The van der Waals surface area contributed by atoms with E-state index < -0.39 is 20.0 Å². The molecule has 0 spiro atoms. The van der Waals surface area contributed by atoms with Crippen molar-refractivity contribution in [3.63, 3.8) is 0 Å². The molecule has 0 aromatic rings. The Kier molecular flexibility index (Phi) is 4.45. The van der Waals surface area contributed by atoms with Gasteiger partial charge in [0.25, 0.3) is 10.1 Å². The Labute approximate surface area is 94.3 Å². The molecule has 1 unspecified atom stereocenters. The molecule has 0 aliphatic carbocycles. The van der Waals surface area contributed by atoms with Gasteiger partial charge in [0.2, 0.25) is 0 Å². The third-order valence-electron chi connectivity index (χ3n) is 2.09. The highest BCUT2D eigenvalue weighted by Gasteiger charge is 2.27. The predicted molar refractivity (Wildman–Crippen MR) is 60.5 cm³/mol. The Hall–Kier alpha value is 0.210. The summed E-state index contributed by atoms with van der Waals surface area (Å²) in [5.74, 6) is 0.756. The summed E-state index contributed by atoms with van der Waals surface area (Å²) >= 11 is 1.47. The van der Waals surface area contributed by atoms with Gasteiger partial charge in [-0.25, -0.2) is 8.42 Å². The number of rotatable bonds is 5. The summed E-state index contributed by atoms with van der Waals surface area (Å²) in [6.07, 6.45) is 1.01. The minimum Gasteiger partial charge on any atom is -0.286 e. The fraction of sp³-hybridized carbons (Fsp3) is 1.00. The Balaban J connectivity index is 2.18. The van der Waals surface area contributed by atoms with Gasteiger partial charge in [-0.05, 0) is 18.6 Å². The maximum absolute atomic E-state index is 11.1. The largest absolute Gasteiger partial charge is 0.286 e. The first kappa shape index (κ1) is 13.3. The van der Waals surface area contributed by atoms with Crippen LogP contribution in [0.15, 0.2) is 0 Å². The van der Waals surface area contributed by atoms with Crippen molar-refractivity contribution in [1.82, 2.24) is 0 Å². The van der Waals surface area contributed by atoms with Crippen LogP contribution in [0.2, 0.25) is 0 Å². The van der Waals surface area contributed by atoms with Gasteiger partial charge >= 0.3 is 0 Å². The van der Waals surface area contributed by atoms with Crippen LogP contribution in [0.5, 0.6) is 0 Å². The highest BCUT2D eigenvalue weighted by molar-refractivity contribution is 8.01. The Morgan fingerprint density at radius 2 is 2.07 bits per heavy atom. The number of hydrogen-bond acceptors (Lipinski definition) is 5. The van der Waals surface area contributed by atoms with Gasteiger partial charge in [-0.2, -0.15) is 20.2 Å². The summed E-state index contributed by atoms with van der Waals surface area (Å²) in [4.78, 5) is 0. The van der Waals surface area contributed by atoms with E-state index in [0.29, 0.717) is 18.6 Å². The molecule has 0 saturated carbocycles. The summed E-state index contributed by atoms with van der Waals surface area (Å²) in [5.41, 5.74) is 0. The molecule has 1 rings (SSSR count). The van der Waals surface area contributed by atoms with Crippen molar-refractivity contribution in [3.05, 3.63) is 0 Å². The van der Waals surface area contributed by atoms with E-state index in [9.17, 15) is 16.8 Å². The van der Waals surface area contributed by atoms with Crippen LogP contribution >= 0.6 is 11.8 Å². The molecular formula is C7H14O5S3. The molecule has 1 atom stereocenters. The van der Waals surface area contributed by atoms with Gasteiger partial charge in [0.1, 0.15) is 0 Å². The topological polar surface area (TPSA) is 88.5 Å². The first-order chi connectivity index (χ1) is 6.79. The van der Waals surface area contributed by atoms with E-state index in [-0.39, 0.29) is 22.5 Å². The quantitative estimate of drug-likeness (QED) is 0.568. The van der Waals surface area contributed by atoms with E-state index in [0.717, 1.165) is 0 Å². The zero-order chi connectivity index (χ0) is 11.5. The molecule has 1 heterocycles. The van der Waals surface area contributed by atoms with E-state index >= 15 is 0 Å². The molecule has 1 aliphatic rings. The van der Waals surface area contributed by atoms with Crippen molar-refractivity contribution >= 4 is 31.7 Å². The molecular weight excluding hydrogens is 260 g/mol. The molecule has 0 aromatic heterocycles. The van der Waals surface area contributed by atoms with E-state index in [1.807, 2.05) is 0 Å². The molecule has 1 aliphatic heterocycles. The predicted octanol–water partition coefficient (Wildman–Crippen LogP) is 0.185. The van der Waals surface area contributed by atoms with Gasteiger partial charge < -0.3 is 0 Å². The molecule has 15 heavy (non-hydrogen) atoms. The average Bonchev–Trinajstić information content (AvgIpc) is 2.38. The standard InChI is InChI=1S/C7H14O5S3/c8-14(9)5-2-7(6-14)13-3-1-4-15(10,11)12/h7H,1-6H2,(H,10,11,12). The van der Waals surface area contributed by atoms with E-state index in [4.69, 9.17) is 4.55 Å². The summed E-state index contributed by atoms with van der Waals surface area (Å²) in [5, 5.41) is 0.0939. The maximum Gasteiger partial charge on any atom is 0.264 e. The van der Waals surface area contributed by atoms with Gasteiger partial charge in [0.15, 0.2) is 9.84 Å². The lowest BCUT2D eigenvalue weighted by molar-refractivity contribution is 0.482. The second-order valence-corrected chi connectivity index (χ2v) is 8.74. The zero-order valence-electron chi connectivity index (χ0n) is 8.12. The van der Waals surface area contributed by atoms with Crippen molar-refractivity contribution in [3.8, 4) is 0 Å². The molecule has 0 aromatic carbocycles. The van der Waals surface area contributed by atoms with Crippen LogP contribution in [0.25, 0.3) is 0 Å². The fourth-order valence-electron chi connectivity index (χ4n) is 1.38. The normalized spacial score (nSPS) is 25.5. The molecule has 0 radical (unpaired) electrons. The Morgan fingerprint density at radius 3 is 2.53 bits per heavy atom. The molecule has 90 valence electrons. The van der Waals surface area contributed by atoms with Gasteiger partial charge in [-0.3, -0.25) is 4.55 Å². The number of sulfone groups is 1. The maximum atomic E-state index is 11.1. The van der Waals surface area contributed by atoms with Crippen LogP contribution in [0.3, 0.4) is 0 Å². The third-order valence-corrected chi connectivity index (χ3v) is 6.27. The minimum absolute atomic E-state index is 0.0939. The van der Waals surface area contributed by atoms with E-state index in [1.54, 1.807) is 0 Å². The summed E-state index contributed by atoms with van der Waals surface area (Å²) in [6.45, 7) is 0. The van der Waals surface area contributed by atoms with E-state index in [2.05, 4.69) is 0 Å². The Morgan fingerprint density at radius 1 is 1.40 bits per heavy atom. The van der Waals surface area contributed by atoms with Crippen molar-refractivity contribution in [2.24, 2.45) is 0 Å². The summed E-state index contributed by atoms with van der Waals surface area (Å²) in [6, 6.07) is 0. The molecule has 1 fully saturated rings.